The van der Waals surface area contributed by atoms with Crippen LogP contribution >= 0.6 is 0 Å². The van der Waals surface area contributed by atoms with Crippen molar-refractivity contribution < 1.29 is 26.8 Å². The van der Waals surface area contributed by atoms with E-state index in [9.17, 15) is 22.4 Å². The van der Waals surface area contributed by atoms with E-state index >= 15 is 0 Å². The van der Waals surface area contributed by atoms with Crippen LogP contribution in [-0.4, -0.2) is 10.9 Å². The number of carbonyl (C=O) groups is 1. The second kappa shape index (κ2) is 5.55. The molecule has 1 N–H and O–H groups in total. The van der Waals surface area contributed by atoms with Gasteiger partial charge >= 0.3 is 6.18 Å². The van der Waals surface area contributed by atoms with Crippen LogP contribution in [0.3, 0.4) is 0 Å². The molecule has 4 nitrogen and oxygen atoms in total. The van der Waals surface area contributed by atoms with Crippen LogP contribution in [-0.2, 0) is 12.7 Å². The standard InChI is InChI=1S/C13H10F4N2O2/c1-7-11(19-6-21-7)12(20)18-5-8-2-9(13(15,16)17)4-10(14)3-8/h2-4,6H,5H2,1H3,(H,18,20). The lowest BCUT2D eigenvalue weighted by Gasteiger charge is -2.10. The van der Waals surface area contributed by atoms with Gasteiger partial charge in [0.1, 0.15) is 11.6 Å². The van der Waals surface area contributed by atoms with Crippen LogP contribution in [0.1, 0.15) is 27.4 Å². The van der Waals surface area contributed by atoms with Crippen LogP contribution in [0.15, 0.2) is 29.0 Å². The number of rotatable bonds is 3. The number of hydrogen-bond acceptors (Lipinski definition) is 3. The van der Waals surface area contributed by atoms with Crippen molar-refractivity contribution in [2.24, 2.45) is 0 Å². The van der Waals surface area contributed by atoms with E-state index in [2.05, 4.69) is 10.3 Å². The Kier molecular flexibility index (Phi) is 3.97. The molecule has 1 aromatic heterocycles. The maximum absolute atomic E-state index is 13.2. The maximum atomic E-state index is 13.2. The fraction of sp³-hybridized carbons (Fsp3) is 0.231. The van der Waals surface area contributed by atoms with Crippen LogP contribution < -0.4 is 5.32 Å². The molecule has 0 fully saturated rings. The van der Waals surface area contributed by atoms with Crippen molar-refractivity contribution in [3.63, 3.8) is 0 Å². The zero-order chi connectivity index (χ0) is 15.6. The fourth-order valence-electron chi connectivity index (χ4n) is 1.71. The molecule has 0 aliphatic rings. The third kappa shape index (κ3) is 3.59. The van der Waals surface area contributed by atoms with Crippen molar-refractivity contribution in [2.75, 3.05) is 0 Å². The summed E-state index contributed by atoms with van der Waals surface area (Å²) in [5, 5.41) is 2.35. The largest absolute Gasteiger partial charge is 0.448 e. The van der Waals surface area contributed by atoms with Gasteiger partial charge in [-0.15, -0.1) is 0 Å². The van der Waals surface area contributed by atoms with E-state index in [1.807, 2.05) is 0 Å². The van der Waals surface area contributed by atoms with Gasteiger partial charge in [0.15, 0.2) is 12.1 Å². The van der Waals surface area contributed by atoms with E-state index in [0.717, 1.165) is 18.5 Å². The monoisotopic (exact) mass is 302 g/mol. The topological polar surface area (TPSA) is 55.1 Å². The first-order chi connectivity index (χ1) is 9.77. The molecule has 1 amide bonds. The number of hydrogen-bond donors (Lipinski definition) is 1. The Morgan fingerprint density at radius 1 is 1.33 bits per heavy atom. The number of oxazole rings is 1. The summed E-state index contributed by atoms with van der Waals surface area (Å²) < 4.78 is 55.7. The van der Waals surface area contributed by atoms with Gasteiger partial charge in [0, 0.05) is 6.54 Å². The highest BCUT2D eigenvalue weighted by molar-refractivity contribution is 5.92. The van der Waals surface area contributed by atoms with Crippen molar-refractivity contribution in [2.45, 2.75) is 19.6 Å². The van der Waals surface area contributed by atoms with E-state index in [1.165, 1.54) is 6.92 Å². The number of benzene rings is 1. The molecular formula is C13H10F4N2O2. The summed E-state index contributed by atoms with van der Waals surface area (Å²) in [7, 11) is 0. The Morgan fingerprint density at radius 3 is 2.62 bits per heavy atom. The first-order valence-corrected chi connectivity index (χ1v) is 5.82. The van der Waals surface area contributed by atoms with Gasteiger partial charge in [-0.25, -0.2) is 9.37 Å². The van der Waals surface area contributed by atoms with Crippen molar-refractivity contribution in [3.8, 4) is 0 Å². The lowest BCUT2D eigenvalue weighted by atomic mass is 10.1. The Bertz CT molecular complexity index is 664. The molecule has 0 saturated carbocycles. The maximum Gasteiger partial charge on any atom is 0.416 e. The molecule has 112 valence electrons. The summed E-state index contributed by atoms with van der Waals surface area (Å²) in [5.41, 5.74) is -1.08. The molecule has 1 aromatic carbocycles. The van der Waals surface area contributed by atoms with Gasteiger partial charge in [-0.2, -0.15) is 13.2 Å². The molecule has 21 heavy (non-hydrogen) atoms. The smallest absolute Gasteiger partial charge is 0.416 e. The quantitative estimate of drug-likeness (QED) is 0.887. The Balaban J connectivity index is 2.12. The first-order valence-electron chi connectivity index (χ1n) is 5.82. The van der Waals surface area contributed by atoms with Gasteiger partial charge in [-0.05, 0) is 30.7 Å². The number of nitrogens with zero attached hydrogens (tertiary/aromatic N) is 1. The second-order valence-electron chi connectivity index (χ2n) is 4.29. The summed E-state index contributed by atoms with van der Waals surface area (Å²) in [6.07, 6.45) is -3.57. The van der Waals surface area contributed by atoms with Crippen LogP contribution in [0, 0.1) is 12.7 Å². The van der Waals surface area contributed by atoms with Crippen molar-refractivity contribution in [1.82, 2.24) is 10.3 Å². The van der Waals surface area contributed by atoms with Gasteiger partial charge in [0.2, 0.25) is 0 Å². The van der Waals surface area contributed by atoms with Gasteiger partial charge < -0.3 is 9.73 Å². The van der Waals surface area contributed by atoms with Gasteiger partial charge in [0.25, 0.3) is 5.91 Å². The minimum Gasteiger partial charge on any atom is -0.448 e. The Morgan fingerprint density at radius 2 is 2.05 bits per heavy atom. The summed E-state index contributed by atoms with van der Waals surface area (Å²) in [6, 6.07) is 2.09. The van der Waals surface area contributed by atoms with Crippen LogP contribution in [0.5, 0.6) is 0 Å². The zero-order valence-electron chi connectivity index (χ0n) is 10.8. The highest BCUT2D eigenvalue weighted by Gasteiger charge is 2.31. The molecule has 0 aliphatic carbocycles. The van der Waals surface area contributed by atoms with E-state index in [-0.39, 0.29) is 23.6 Å². The SMILES string of the molecule is Cc1ocnc1C(=O)NCc1cc(F)cc(C(F)(F)F)c1. The van der Waals surface area contributed by atoms with Gasteiger partial charge in [-0.1, -0.05) is 0 Å². The number of nitrogens with one attached hydrogen (secondary N) is 1. The van der Waals surface area contributed by atoms with Crippen molar-refractivity contribution >= 4 is 5.91 Å². The molecule has 2 aromatic rings. The first kappa shape index (κ1) is 15.0. The van der Waals surface area contributed by atoms with E-state index in [1.54, 1.807) is 0 Å². The molecule has 0 bridgehead atoms. The van der Waals surface area contributed by atoms with Crippen LogP contribution in [0.2, 0.25) is 0 Å². The van der Waals surface area contributed by atoms with Crippen LogP contribution in [0.25, 0.3) is 0 Å². The number of carbonyl (C=O) groups excluding carboxylic acids is 1. The summed E-state index contributed by atoms with van der Waals surface area (Å²) in [5.74, 6) is -1.35. The number of halogens is 4. The number of aryl methyl sites for hydroxylation is 1. The highest BCUT2D eigenvalue weighted by Crippen LogP contribution is 2.30. The average molecular weight is 302 g/mol. The molecule has 0 unspecified atom stereocenters. The third-order valence-electron chi connectivity index (χ3n) is 2.70. The second-order valence-corrected chi connectivity index (χ2v) is 4.29. The molecule has 8 heteroatoms. The lowest BCUT2D eigenvalue weighted by molar-refractivity contribution is -0.137. The minimum atomic E-state index is -4.65. The van der Waals surface area contributed by atoms with Gasteiger partial charge in [-0.3, -0.25) is 4.79 Å². The summed E-state index contributed by atoms with van der Waals surface area (Å²) >= 11 is 0. The molecule has 2 rings (SSSR count). The zero-order valence-corrected chi connectivity index (χ0v) is 10.8. The predicted molar refractivity (Wildman–Crippen MR) is 63.8 cm³/mol. The van der Waals surface area contributed by atoms with Gasteiger partial charge in [0.05, 0.1) is 5.56 Å². The van der Waals surface area contributed by atoms with E-state index < -0.39 is 23.5 Å². The summed E-state index contributed by atoms with van der Waals surface area (Å²) in [6.45, 7) is 1.26. The molecule has 0 atom stereocenters. The Hall–Kier alpha value is -2.38. The Labute approximate surface area is 116 Å². The van der Waals surface area contributed by atoms with Crippen LogP contribution in [0.4, 0.5) is 17.6 Å². The average Bonchev–Trinajstić information content (AvgIpc) is 2.80. The molecule has 1 heterocycles. The number of alkyl halides is 3. The number of aromatic nitrogens is 1. The van der Waals surface area contributed by atoms with Crippen molar-refractivity contribution in [1.29, 1.82) is 0 Å². The summed E-state index contributed by atoms with van der Waals surface area (Å²) in [4.78, 5) is 15.4. The molecule has 0 radical (unpaired) electrons. The fourth-order valence-corrected chi connectivity index (χ4v) is 1.71. The molecule has 0 aliphatic heterocycles. The van der Waals surface area contributed by atoms with E-state index in [4.69, 9.17) is 4.42 Å². The molecule has 0 spiro atoms. The lowest BCUT2D eigenvalue weighted by Crippen LogP contribution is -2.24. The number of amides is 1. The third-order valence-corrected chi connectivity index (χ3v) is 2.70. The predicted octanol–water partition coefficient (Wildman–Crippen LogP) is 3.07. The van der Waals surface area contributed by atoms with E-state index in [0.29, 0.717) is 6.07 Å². The normalized spacial score (nSPS) is 11.5. The van der Waals surface area contributed by atoms with Crippen molar-refractivity contribution in [3.05, 3.63) is 53.0 Å². The molecule has 0 saturated heterocycles. The molecular weight excluding hydrogens is 292 g/mol. The minimum absolute atomic E-state index is 0.00294. The highest BCUT2D eigenvalue weighted by atomic mass is 19.4.